The van der Waals surface area contributed by atoms with Gasteiger partial charge in [-0.05, 0) is 20.3 Å². The molecule has 0 saturated carbocycles. The van der Waals surface area contributed by atoms with Gasteiger partial charge in [0.1, 0.15) is 7.14 Å². The van der Waals surface area contributed by atoms with Gasteiger partial charge in [-0.3, -0.25) is 0 Å². The summed E-state index contributed by atoms with van der Waals surface area (Å²) in [5.41, 5.74) is -1.69. The highest BCUT2D eigenvalue weighted by atomic mass is 31.2. The molecule has 0 radical (unpaired) electrons. The third kappa shape index (κ3) is 15.3. The first-order chi connectivity index (χ1) is 8.64. The molecule has 1 nitrogen and oxygen atoms in total. The summed E-state index contributed by atoms with van der Waals surface area (Å²) in [6, 6.07) is 10.3. The van der Waals surface area contributed by atoms with Gasteiger partial charge in [-0.25, -0.2) is 0 Å². The monoisotopic (exact) mass is 294 g/mol. The maximum atomic E-state index is 12.0. The number of rotatable bonds is 1. The van der Waals surface area contributed by atoms with Gasteiger partial charge in [-0.15, -0.1) is 0 Å². The number of aryl methyl sites for hydroxylation is 1. The maximum Gasteiger partial charge on any atom is 0.294 e. The highest BCUT2D eigenvalue weighted by molar-refractivity contribution is 7.63. The van der Waals surface area contributed by atoms with E-state index in [0.29, 0.717) is 6.92 Å². The highest BCUT2D eigenvalue weighted by Crippen LogP contribution is 2.53. The molecule has 0 saturated heterocycles. The van der Waals surface area contributed by atoms with Crippen molar-refractivity contribution in [3.05, 3.63) is 35.9 Å². The molecule has 0 amide bonds. The summed E-state index contributed by atoms with van der Waals surface area (Å²) in [6.45, 7) is 12.9. The normalized spacial score (nSPS) is 9.79. The van der Waals surface area contributed by atoms with E-state index in [1.54, 1.807) is 0 Å². The summed E-state index contributed by atoms with van der Waals surface area (Å²) < 4.78 is 34.4. The van der Waals surface area contributed by atoms with Gasteiger partial charge in [0, 0.05) is 6.92 Å². The standard InChI is InChI=1S/C7H8.C4H9F2OP.2C2H6/c1-7-5-3-2-4-6-7;1-4(5,6)8(2,3)7;2*1-2/h2-6H,1H3;1-3H3;2*1-2H3. The molecule has 0 aliphatic rings. The molecule has 0 aromatic heterocycles. The summed E-state index contributed by atoms with van der Waals surface area (Å²) in [5, 5.41) is 0. The summed E-state index contributed by atoms with van der Waals surface area (Å²) >= 11 is 0. The van der Waals surface area contributed by atoms with Crippen LogP contribution in [0, 0.1) is 6.92 Å². The minimum absolute atomic E-state index is 0.674. The lowest BCUT2D eigenvalue weighted by Crippen LogP contribution is -2.07. The van der Waals surface area contributed by atoms with Crippen LogP contribution in [-0.2, 0) is 4.57 Å². The molecule has 0 bridgehead atoms. The summed E-state index contributed by atoms with van der Waals surface area (Å²) in [7, 11) is -3.18. The second-order valence-electron chi connectivity index (χ2n) is 3.85. The molecule has 1 aromatic rings. The van der Waals surface area contributed by atoms with E-state index in [1.807, 2.05) is 45.9 Å². The Morgan fingerprint density at radius 3 is 1.32 bits per heavy atom. The van der Waals surface area contributed by atoms with Crippen molar-refractivity contribution in [2.75, 3.05) is 13.3 Å². The Bertz CT molecular complexity index is 326. The lowest BCUT2D eigenvalue weighted by Gasteiger charge is -2.14. The number of alkyl halides is 2. The molecule has 0 atom stereocenters. The number of hydrogen-bond donors (Lipinski definition) is 0. The second-order valence-corrected chi connectivity index (χ2v) is 7.33. The van der Waals surface area contributed by atoms with Gasteiger partial charge in [0.05, 0.1) is 0 Å². The van der Waals surface area contributed by atoms with Gasteiger partial charge < -0.3 is 4.57 Å². The predicted molar refractivity (Wildman–Crippen MR) is 84.0 cm³/mol. The fourth-order valence-corrected chi connectivity index (χ4v) is 0.534. The van der Waals surface area contributed by atoms with Gasteiger partial charge in [0.15, 0.2) is 0 Å². The Morgan fingerprint density at radius 2 is 1.21 bits per heavy atom. The van der Waals surface area contributed by atoms with Crippen molar-refractivity contribution in [3.8, 4) is 0 Å². The number of benzene rings is 1. The second kappa shape index (κ2) is 12.3. The first-order valence-electron chi connectivity index (χ1n) is 6.59. The quantitative estimate of drug-likeness (QED) is 0.558. The fourth-order valence-electron chi connectivity index (χ4n) is 0.534. The van der Waals surface area contributed by atoms with Crippen LogP contribution in [0.25, 0.3) is 0 Å². The van der Waals surface area contributed by atoms with E-state index >= 15 is 0 Å². The molecule has 1 rings (SSSR count). The van der Waals surface area contributed by atoms with Crippen LogP contribution in [0.15, 0.2) is 30.3 Å². The molecule has 1 aromatic carbocycles. The van der Waals surface area contributed by atoms with Crippen LogP contribution in [0.5, 0.6) is 0 Å². The minimum atomic E-state index is -3.18. The van der Waals surface area contributed by atoms with Gasteiger partial charge in [0.25, 0.3) is 5.66 Å². The topological polar surface area (TPSA) is 17.1 Å². The van der Waals surface area contributed by atoms with Crippen molar-refractivity contribution in [1.29, 1.82) is 0 Å². The van der Waals surface area contributed by atoms with E-state index in [-0.39, 0.29) is 0 Å². The zero-order chi connectivity index (χ0) is 16.1. The van der Waals surface area contributed by atoms with Crippen LogP contribution in [0.4, 0.5) is 8.78 Å². The average Bonchev–Trinajstić information content (AvgIpc) is 2.33. The van der Waals surface area contributed by atoms with Crippen molar-refractivity contribution in [2.24, 2.45) is 0 Å². The summed E-state index contributed by atoms with van der Waals surface area (Å²) in [5.74, 6) is 0. The van der Waals surface area contributed by atoms with Gasteiger partial charge >= 0.3 is 0 Å². The molecular formula is C15H29F2OP. The van der Waals surface area contributed by atoms with Gasteiger partial charge in [-0.1, -0.05) is 63.6 Å². The molecule has 0 N–H and O–H groups in total. The lowest BCUT2D eigenvalue weighted by molar-refractivity contribution is 0.113. The predicted octanol–water partition coefficient (Wildman–Crippen LogP) is 6.27. The molecule has 0 spiro atoms. The highest BCUT2D eigenvalue weighted by Gasteiger charge is 2.36. The van der Waals surface area contributed by atoms with E-state index in [2.05, 4.69) is 19.1 Å². The zero-order valence-electron chi connectivity index (χ0n) is 13.5. The Labute approximate surface area is 117 Å². The minimum Gasteiger partial charge on any atom is -0.318 e. The average molecular weight is 294 g/mol. The van der Waals surface area contributed by atoms with Crippen LogP contribution >= 0.6 is 7.14 Å². The van der Waals surface area contributed by atoms with E-state index < -0.39 is 12.8 Å². The van der Waals surface area contributed by atoms with Crippen molar-refractivity contribution >= 4 is 7.14 Å². The molecule has 19 heavy (non-hydrogen) atoms. The molecule has 0 aliphatic carbocycles. The van der Waals surface area contributed by atoms with Crippen molar-refractivity contribution in [1.82, 2.24) is 0 Å². The maximum absolute atomic E-state index is 12.0. The third-order valence-corrected chi connectivity index (χ3v) is 3.78. The van der Waals surface area contributed by atoms with Crippen LogP contribution in [0.2, 0.25) is 0 Å². The lowest BCUT2D eigenvalue weighted by atomic mass is 10.2. The number of halogens is 2. The zero-order valence-corrected chi connectivity index (χ0v) is 14.4. The fraction of sp³-hybridized carbons (Fsp3) is 0.600. The van der Waals surface area contributed by atoms with E-state index in [1.165, 1.54) is 5.56 Å². The summed E-state index contributed by atoms with van der Waals surface area (Å²) in [4.78, 5) is 0. The van der Waals surface area contributed by atoms with E-state index in [9.17, 15) is 13.3 Å². The molecule has 4 heteroatoms. The van der Waals surface area contributed by atoms with Crippen LogP contribution in [0.3, 0.4) is 0 Å². The molecule has 0 aliphatic heterocycles. The number of hydrogen-bond acceptors (Lipinski definition) is 1. The van der Waals surface area contributed by atoms with Gasteiger partial charge in [0.2, 0.25) is 0 Å². The molecular weight excluding hydrogens is 265 g/mol. The first kappa shape index (κ1) is 23.4. The first-order valence-corrected chi connectivity index (χ1v) is 9.19. The molecule has 114 valence electrons. The molecule has 0 fully saturated rings. The van der Waals surface area contributed by atoms with Crippen molar-refractivity contribution in [3.63, 3.8) is 0 Å². The van der Waals surface area contributed by atoms with Crippen LogP contribution in [0.1, 0.15) is 40.2 Å². The van der Waals surface area contributed by atoms with Crippen molar-refractivity contribution < 1.29 is 13.3 Å². The van der Waals surface area contributed by atoms with E-state index in [4.69, 9.17) is 0 Å². The Hall–Kier alpha value is -0.690. The van der Waals surface area contributed by atoms with Crippen LogP contribution in [-0.4, -0.2) is 19.0 Å². The summed E-state index contributed by atoms with van der Waals surface area (Å²) in [6.07, 6.45) is 0. The Kier molecular flexibility index (Phi) is 15.2. The van der Waals surface area contributed by atoms with Gasteiger partial charge in [-0.2, -0.15) is 8.78 Å². The molecule has 0 unspecified atom stereocenters. The van der Waals surface area contributed by atoms with Crippen LogP contribution < -0.4 is 0 Å². The smallest absolute Gasteiger partial charge is 0.294 e. The Balaban J connectivity index is -0.000000214. The molecule has 0 heterocycles. The SMILES string of the molecule is CC.CC.CC(F)(F)P(C)(C)=O.Cc1ccccc1. The van der Waals surface area contributed by atoms with E-state index in [0.717, 1.165) is 13.3 Å². The largest absolute Gasteiger partial charge is 0.318 e. The Morgan fingerprint density at radius 1 is 0.947 bits per heavy atom. The third-order valence-electron chi connectivity index (χ3n) is 1.89. The van der Waals surface area contributed by atoms with Crippen molar-refractivity contribution in [2.45, 2.75) is 47.2 Å².